The second-order valence-electron chi connectivity index (χ2n) is 4.18. The third kappa shape index (κ3) is 3.98. The molecule has 0 aromatic heterocycles. The number of hydrogen-bond donors (Lipinski definition) is 1. The lowest BCUT2D eigenvalue weighted by Crippen LogP contribution is -2.39. The molecule has 0 bridgehead atoms. The van der Waals surface area contributed by atoms with Gasteiger partial charge in [-0.15, -0.1) is 0 Å². The SMILES string of the molecule is CCN(CC)C(=O)C(C)OC(=O)c1cccc(N)c1. The van der Waals surface area contributed by atoms with Crippen LogP contribution in [0.1, 0.15) is 31.1 Å². The van der Waals surface area contributed by atoms with E-state index in [4.69, 9.17) is 10.5 Å². The predicted molar refractivity (Wildman–Crippen MR) is 73.7 cm³/mol. The quantitative estimate of drug-likeness (QED) is 0.648. The van der Waals surface area contributed by atoms with E-state index in [1.807, 2.05) is 13.8 Å². The molecule has 5 heteroatoms. The highest BCUT2D eigenvalue weighted by molar-refractivity contribution is 5.92. The molecule has 0 radical (unpaired) electrons. The van der Waals surface area contributed by atoms with E-state index in [0.717, 1.165) is 0 Å². The minimum Gasteiger partial charge on any atom is -0.449 e. The van der Waals surface area contributed by atoms with Crippen molar-refractivity contribution in [1.82, 2.24) is 4.90 Å². The van der Waals surface area contributed by atoms with Crippen LogP contribution in [0.25, 0.3) is 0 Å². The average molecular weight is 264 g/mol. The molecule has 1 rings (SSSR count). The zero-order valence-corrected chi connectivity index (χ0v) is 11.6. The number of likely N-dealkylation sites (N-methyl/N-ethyl adjacent to an activating group) is 1. The summed E-state index contributed by atoms with van der Waals surface area (Å²) in [5.74, 6) is -0.734. The first-order valence-corrected chi connectivity index (χ1v) is 6.34. The second kappa shape index (κ2) is 6.78. The number of carbonyl (C=O) groups is 2. The Hall–Kier alpha value is -2.04. The number of anilines is 1. The van der Waals surface area contributed by atoms with Gasteiger partial charge in [0.25, 0.3) is 5.91 Å². The summed E-state index contributed by atoms with van der Waals surface area (Å²) >= 11 is 0. The Morgan fingerprint density at radius 1 is 1.32 bits per heavy atom. The van der Waals surface area contributed by atoms with Crippen LogP contribution in [0.15, 0.2) is 24.3 Å². The Morgan fingerprint density at radius 2 is 1.95 bits per heavy atom. The van der Waals surface area contributed by atoms with Gasteiger partial charge in [-0.05, 0) is 39.0 Å². The number of esters is 1. The number of ether oxygens (including phenoxy) is 1. The lowest BCUT2D eigenvalue weighted by atomic mass is 10.2. The summed E-state index contributed by atoms with van der Waals surface area (Å²) in [4.78, 5) is 25.4. The Balaban J connectivity index is 2.69. The highest BCUT2D eigenvalue weighted by Gasteiger charge is 2.22. The zero-order valence-electron chi connectivity index (χ0n) is 11.6. The van der Waals surface area contributed by atoms with Gasteiger partial charge in [0, 0.05) is 18.8 Å². The van der Waals surface area contributed by atoms with E-state index >= 15 is 0 Å². The minimum atomic E-state index is -0.797. The number of hydrogen-bond acceptors (Lipinski definition) is 4. The van der Waals surface area contributed by atoms with Crippen molar-refractivity contribution in [3.05, 3.63) is 29.8 Å². The summed E-state index contributed by atoms with van der Waals surface area (Å²) in [7, 11) is 0. The maximum Gasteiger partial charge on any atom is 0.338 e. The van der Waals surface area contributed by atoms with Gasteiger partial charge >= 0.3 is 5.97 Å². The fourth-order valence-corrected chi connectivity index (χ4v) is 1.74. The third-order valence-corrected chi connectivity index (χ3v) is 2.83. The van der Waals surface area contributed by atoms with Crippen molar-refractivity contribution in [2.24, 2.45) is 0 Å². The first-order valence-electron chi connectivity index (χ1n) is 6.34. The Bertz CT molecular complexity index is 456. The van der Waals surface area contributed by atoms with Gasteiger partial charge in [0.15, 0.2) is 6.10 Å². The van der Waals surface area contributed by atoms with Crippen molar-refractivity contribution in [3.63, 3.8) is 0 Å². The summed E-state index contributed by atoms with van der Waals surface area (Å²) in [5.41, 5.74) is 6.43. The lowest BCUT2D eigenvalue weighted by Gasteiger charge is -2.22. The molecule has 1 aromatic rings. The maximum atomic E-state index is 12.0. The average Bonchev–Trinajstić information content (AvgIpc) is 2.39. The molecule has 2 N–H and O–H groups in total. The molecular formula is C14H20N2O3. The number of rotatable bonds is 5. The highest BCUT2D eigenvalue weighted by Crippen LogP contribution is 2.10. The van der Waals surface area contributed by atoms with Gasteiger partial charge in [0.1, 0.15) is 0 Å². The number of benzene rings is 1. The summed E-state index contributed by atoms with van der Waals surface area (Å²) in [6.07, 6.45) is -0.797. The minimum absolute atomic E-state index is 0.192. The number of carbonyl (C=O) groups excluding carboxylic acids is 2. The Morgan fingerprint density at radius 3 is 2.47 bits per heavy atom. The van der Waals surface area contributed by atoms with Crippen LogP contribution in [0.4, 0.5) is 5.69 Å². The molecule has 1 aromatic carbocycles. The van der Waals surface area contributed by atoms with Gasteiger partial charge in [-0.3, -0.25) is 4.79 Å². The molecule has 0 aliphatic rings. The number of nitrogens with two attached hydrogens (primary N) is 1. The first kappa shape index (κ1) is 15.0. The smallest absolute Gasteiger partial charge is 0.338 e. The van der Waals surface area contributed by atoms with E-state index in [-0.39, 0.29) is 5.91 Å². The predicted octanol–water partition coefficient (Wildman–Crippen LogP) is 1.68. The van der Waals surface area contributed by atoms with Crippen LogP contribution < -0.4 is 5.73 Å². The number of nitrogen functional groups attached to an aromatic ring is 1. The summed E-state index contributed by atoms with van der Waals surface area (Å²) in [6, 6.07) is 6.48. The molecule has 0 aliphatic carbocycles. The molecule has 0 aliphatic heterocycles. The highest BCUT2D eigenvalue weighted by atomic mass is 16.5. The zero-order chi connectivity index (χ0) is 14.4. The van der Waals surface area contributed by atoms with Crippen LogP contribution in [-0.2, 0) is 9.53 Å². The van der Waals surface area contributed by atoms with Gasteiger partial charge < -0.3 is 15.4 Å². The van der Waals surface area contributed by atoms with Crippen molar-refractivity contribution in [2.45, 2.75) is 26.9 Å². The molecule has 0 spiro atoms. The molecule has 1 amide bonds. The Labute approximate surface area is 113 Å². The standard InChI is InChI=1S/C14H20N2O3/c1-4-16(5-2)13(17)10(3)19-14(18)11-7-6-8-12(15)9-11/h6-10H,4-5,15H2,1-3H3. The molecule has 0 saturated carbocycles. The van der Waals surface area contributed by atoms with E-state index in [1.54, 1.807) is 30.0 Å². The van der Waals surface area contributed by atoms with E-state index < -0.39 is 12.1 Å². The molecular weight excluding hydrogens is 244 g/mol. The monoisotopic (exact) mass is 264 g/mol. The van der Waals surface area contributed by atoms with Crippen molar-refractivity contribution < 1.29 is 14.3 Å². The fraction of sp³-hybridized carbons (Fsp3) is 0.429. The van der Waals surface area contributed by atoms with Crippen molar-refractivity contribution in [1.29, 1.82) is 0 Å². The van der Waals surface area contributed by atoms with Gasteiger partial charge in [-0.25, -0.2) is 4.79 Å². The van der Waals surface area contributed by atoms with E-state index in [1.165, 1.54) is 6.07 Å². The molecule has 1 atom stereocenters. The molecule has 5 nitrogen and oxygen atoms in total. The van der Waals surface area contributed by atoms with Gasteiger partial charge in [0.2, 0.25) is 0 Å². The largest absolute Gasteiger partial charge is 0.449 e. The van der Waals surface area contributed by atoms with Gasteiger partial charge in [-0.1, -0.05) is 6.07 Å². The maximum absolute atomic E-state index is 12.0. The molecule has 104 valence electrons. The summed E-state index contributed by atoms with van der Waals surface area (Å²) < 4.78 is 5.15. The van der Waals surface area contributed by atoms with Crippen LogP contribution >= 0.6 is 0 Å². The van der Waals surface area contributed by atoms with E-state index in [0.29, 0.717) is 24.3 Å². The first-order chi connectivity index (χ1) is 8.99. The normalized spacial score (nSPS) is 11.7. The fourth-order valence-electron chi connectivity index (χ4n) is 1.74. The topological polar surface area (TPSA) is 72.6 Å². The molecule has 19 heavy (non-hydrogen) atoms. The van der Waals surface area contributed by atoms with Crippen molar-refractivity contribution in [2.75, 3.05) is 18.8 Å². The second-order valence-corrected chi connectivity index (χ2v) is 4.18. The van der Waals surface area contributed by atoms with Crippen LogP contribution in [0.3, 0.4) is 0 Å². The van der Waals surface area contributed by atoms with Crippen LogP contribution in [0.2, 0.25) is 0 Å². The summed E-state index contributed by atoms with van der Waals surface area (Å²) in [5, 5.41) is 0. The van der Waals surface area contributed by atoms with Crippen molar-refractivity contribution >= 4 is 17.6 Å². The van der Waals surface area contributed by atoms with Crippen molar-refractivity contribution in [3.8, 4) is 0 Å². The molecule has 0 saturated heterocycles. The van der Waals surface area contributed by atoms with Crippen LogP contribution in [0, 0.1) is 0 Å². The lowest BCUT2D eigenvalue weighted by molar-refractivity contribution is -0.139. The number of nitrogens with zero attached hydrogens (tertiary/aromatic N) is 1. The third-order valence-electron chi connectivity index (χ3n) is 2.83. The van der Waals surface area contributed by atoms with E-state index in [2.05, 4.69) is 0 Å². The Kier molecular flexibility index (Phi) is 5.36. The summed E-state index contributed by atoms with van der Waals surface area (Å²) in [6.45, 7) is 6.53. The van der Waals surface area contributed by atoms with E-state index in [9.17, 15) is 9.59 Å². The van der Waals surface area contributed by atoms with Gasteiger partial charge in [0.05, 0.1) is 5.56 Å². The molecule has 0 fully saturated rings. The number of amides is 1. The van der Waals surface area contributed by atoms with Crippen LogP contribution in [0.5, 0.6) is 0 Å². The molecule has 0 heterocycles. The van der Waals surface area contributed by atoms with Gasteiger partial charge in [-0.2, -0.15) is 0 Å². The van der Waals surface area contributed by atoms with Crippen LogP contribution in [-0.4, -0.2) is 36.0 Å². The molecule has 1 unspecified atom stereocenters.